The number of carbonyl (C=O) groups excluding carboxylic acids is 6. The van der Waals surface area contributed by atoms with Crippen LogP contribution in [0.2, 0.25) is 0 Å². The van der Waals surface area contributed by atoms with Gasteiger partial charge in [0.25, 0.3) is 11.8 Å². The number of hydrogen-bond acceptors (Lipinski definition) is 16. The molecule has 2 aromatic heterocycles. The highest BCUT2D eigenvalue weighted by Gasteiger charge is 2.58. The van der Waals surface area contributed by atoms with Crippen LogP contribution in [0.3, 0.4) is 0 Å². The smallest absolute Gasteiger partial charge is 0.471 e. The van der Waals surface area contributed by atoms with E-state index in [4.69, 9.17) is 18.9 Å². The number of rotatable bonds is 10. The van der Waals surface area contributed by atoms with Crippen LogP contribution in [0.5, 0.6) is 23.3 Å². The van der Waals surface area contributed by atoms with E-state index < -0.39 is 226 Å². The van der Waals surface area contributed by atoms with Gasteiger partial charge in [-0.25, -0.2) is 29.5 Å². The van der Waals surface area contributed by atoms with Gasteiger partial charge in [0.1, 0.15) is 47.0 Å². The number of halogens is 10. The minimum absolute atomic E-state index is 0.103. The standard InChI is InChI=1S/C69H86F10N8O12/c1-14-40-47-32-87(49(40)51(89)34(4)5)58(90)54(62(7,8)9)84-60(92)98-64(12)29-37(64)19-16-18-24-67(72,73)53-57(95-47)83-44-27-45(97-69(77,78)79)36(25-42(44)81-53)28-63(10,11)55-59(91)86-31-46(35(6)48(86)50(88)33(2)3)94-56-52(80-41-22-21-39(26-43(41)82-56)96-68(74,75)76)66(70,71)23-17-15-20-38-30-65(38,13)99-61(93)85-55/h21-22,25-27,33-35,37-38,40,46-49,54-55H,14-20,23-24,28-32H2,1-13H3,(H,84,92)(H,85,93). The Morgan fingerprint density at radius 2 is 1.09 bits per heavy atom. The molecule has 2 saturated carbocycles. The first-order chi connectivity index (χ1) is 45.8. The largest absolute Gasteiger partial charge is 0.573 e. The first-order valence-corrected chi connectivity index (χ1v) is 33.8. The zero-order valence-corrected chi connectivity index (χ0v) is 57.6. The molecule has 20 nitrogen and oxygen atoms in total. The number of nitrogens with zero attached hydrogens (tertiary/aromatic N) is 6. The van der Waals surface area contributed by atoms with Crippen molar-refractivity contribution in [2.24, 2.45) is 46.3 Å². The van der Waals surface area contributed by atoms with Crippen molar-refractivity contribution >= 4 is 57.6 Å². The number of Topliss-reactive ketones (excluding diaryl/α,β-unsaturated/α-hetero) is 2. The maximum atomic E-state index is 17.5. The summed E-state index contributed by atoms with van der Waals surface area (Å²) in [6.45, 7) is 19.7. The summed E-state index contributed by atoms with van der Waals surface area (Å²) in [5.41, 5.74) is -8.85. The van der Waals surface area contributed by atoms with E-state index >= 15 is 22.4 Å². The van der Waals surface area contributed by atoms with Crippen LogP contribution in [-0.2, 0) is 46.9 Å². The van der Waals surface area contributed by atoms with Crippen molar-refractivity contribution in [1.82, 2.24) is 40.4 Å². The van der Waals surface area contributed by atoms with Crippen LogP contribution >= 0.6 is 0 Å². The zero-order chi connectivity index (χ0) is 72.8. The highest BCUT2D eigenvalue weighted by molar-refractivity contribution is 5.96. The van der Waals surface area contributed by atoms with Gasteiger partial charge in [0.05, 0.1) is 47.2 Å². The predicted molar refractivity (Wildman–Crippen MR) is 336 cm³/mol. The Bertz CT molecular complexity index is 3790. The predicted octanol–water partition coefficient (Wildman–Crippen LogP) is 13.8. The molecular weight excluding hydrogens is 1320 g/mol. The first-order valence-electron chi connectivity index (χ1n) is 33.8. The molecule has 10 rings (SSSR count). The summed E-state index contributed by atoms with van der Waals surface area (Å²) in [7, 11) is 0. The number of amides is 4. The molecule has 2 aliphatic carbocycles. The van der Waals surface area contributed by atoms with Crippen molar-refractivity contribution in [3.63, 3.8) is 0 Å². The number of ether oxygens (including phenoxy) is 6. The van der Waals surface area contributed by atoms with Crippen LogP contribution in [0.4, 0.5) is 53.5 Å². The average Bonchev–Trinajstić information content (AvgIpc) is 1.75. The van der Waals surface area contributed by atoms with Gasteiger partial charge >= 0.3 is 24.9 Å². The van der Waals surface area contributed by atoms with Crippen molar-refractivity contribution in [3.8, 4) is 23.3 Å². The topological polar surface area (TPSA) is 240 Å². The summed E-state index contributed by atoms with van der Waals surface area (Å²) in [5.74, 6) is -17.8. The number of fused-ring (bicyclic) bond motifs is 10. The number of aromatic nitrogens is 4. The van der Waals surface area contributed by atoms with Crippen LogP contribution in [0.1, 0.15) is 178 Å². The molecule has 12 unspecified atom stereocenters. The first kappa shape index (κ1) is 74.1. The number of benzene rings is 2. The third kappa shape index (κ3) is 16.0. The Balaban J connectivity index is 1.07. The Kier molecular flexibility index (Phi) is 20.0. The third-order valence-electron chi connectivity index (χ3n) is 20.5. The van der Waals surface area contributed by atoms with Gasteiger partial charge in [-0.1, -0.05) is 89.0 Å². The second-order valence-corrected chi connectivity index (χ2v) is 30.5. The molecule has 4 aromatic rings. The van der Waals surface area contributed by atoms with Crippen LogP contribution in [0.15, 0.2) is 30.3 Å². The van der Waals surface area contributed by atoms with E-state index in [1.54, 1.807) is 55.4 Å². The number of alkyl carbamates (subject to hydrolysis) is 2. The molecule has 99 heavy (non-hydrogen) atoms. The maximum Gasteiger partial charge on any atom is 0.573 e. The molecule has 6 heterocycles. The minimum atomic E-state index is -5.45. The quantitative estimate of drug-likeness (QED) is 0.140. The monoisotopic (exact) mass is 1410 g/mol. The molecule has 6 aliphatic rings. The highest BCUT2D eigenvalue weighted by Crippen LogP contribution is 2.53. The lowest BCUT2D eigenvalue weighted by Gasteiger charge is -2.38. The van der Waals surface area contributed by atoms with Gasteiger partial charge in [-0.3, -0.25) is 19.2 Å². The summed E-state index contributed by atoms with van der Waals surface area (Å²) < 4.78 is 187. The van der Waals surface area contributed by atoms with E-state index in [-0.39, 0.29) is 67.8 Å². The SMILES string of the molecule is CCC1C2CN(C(=O)C(C(C)(C)C)NC(=O)OC3(C)CC3CCCCC(F)(F)c3nc4cc(CC(C)(C)C5NC(=O)OC6(C)CC6CCCCC(F)(F)c6nc7ccc(OC(F)(F)F)cc7nc6OC6CN(C5=O)C(C(=O)C(C)C)C6C)c(OC(F)(F)F)cc4nc3O2)C1C(=O)C(C)C. The van der Waals surface area contributed by atoms with Crippen molar-refractivity contribution in [2.45, 2.75) is 239 Å². The van der Waals surface area contributed by atoms with E-state index in [2.05, 4.69) is 40.0 Å². The molecule has 30 heteroatoms. The van der Waals surface area contributed by atoms with Crippen molar-refractivity contribution < 1.29 is 101 Å². The molecule has 4 amide bonds. The summed E-state index contributed by atoms with van der Waals surface area (Å²) in [4.78, 5) is 107. The van der Waals surface area contributed by atoms with Crippen LogP contribution in [0, 0.1) is 46.3 Å². The second-order valence-electron chi connectivity index (χ2n) is 30.5. The van der Waals surface area contributed by atoms with Crippen molar-refractivity contribution in [1.29, 1.82) is 0 Å². The van der Waals surface area contributed by atoms with Gasteiger partial charge in [-0.2, -0.15) is 17.6 Å². The van der Waals surface area contributed by atoms with Crippen LogP contribution < -0.4 is 29.6 Å². The van der Waals surface area contributed by atoms with Gasteiger partial charge < -0.3 is 48.9 Å². The summed E-state index contributed by atoms with van der Waals surface area (Å²) in [5, 5.41) is 5.39. The molecule has 4 aliphatic heterocycles. The Labute approximate surface area is 566 Å². The number of nitrogens with one attached hydrogen (secondary N) is 2. The summed E-state index contributed by atoms with van der Waals surface area (Å²) >= 11 is 0. The van der Waals surface area contributed by atoms with E-state index in [0.717, 1.165) is 35.2 Å². The van der Waals surface area contributed by atoms with Crippen LogP contribution in [0.25, 0.3) is 22.1 Å². The van der Waals surface area contributed by atoms with Gasteiger partial charge in [0.15, 0.2) is 23.0 Å². The minimum Gasteiger partial charge on any atom is -0.471 e. The summed E-state index contributed by atoms with van der Waals surface area (Å²) in [6, 6.07) is -1.30. The number of ketones is 2. The van der Waals surface area contributed by atoms with Crippen LogP contribution in [-0.4, -0.2) is 139 Å². The molecule has 2 saturated heterocycles. The average molecular weight is 1410 g/mol. The summed E-state index contributed by atoms with van der Waals surface area (Å²) in [6.07, 6.45) is -16.0. The molecular formula is C69H86F10N8O12. The number of carbonyl (C=O) groups is 6. The van der Waals surface area contributed by atoms with E-state index in [9.17, 15) is 50.3 Å². The molecule has 4 bridgehead atoms. The molecule has 12 atom stereocenters. The van der Waals surface area contributed by atoms with Gasteiger partial charge in [-0.05, 0) is 99.8 Å². The third-order valence-corrected chi connectivity index (χ3v) is 20.5. The Morgan fingerprint density at radius 1 is 0.626 bits per heavy atom. The fraction of sp³-hybridized carbons (Fsp3) is 0.681. The molecule has 2 aromatic carbocycles. The normalized spacial score (nSPS) is 29.6. The fourth-order valence-electron chi connectivity index (χ4n) is 14.6. The maximum absolute atomic E-state index is 17.5. The second kappa shape index (κ2) is 26.8. The molecule has 0 spiro atoms. The molecule has 2 N–H and O–H groups in total. The van der Waals surface area contributed by atoms with E-state index in [1.165, 1.54) is 39.5 Å². The Morgan fingerprint density at radius 3 is 1.61 bits per heavy atom. The van der Waals surface area contributed by atoms with E-state index in [0.29, 0.717) is 12.8 Å². The number of alkyl halides is 10. The fourth-order valence-corrected chi connectivity index (χ4v) is 14.6. The number of hydrogen-bond donors (Lipinski definition) is 2. The Hall–Kier alpha value is -7.56. The van der Waals surface area contributed by atoms with Crippen molar-refractivity contribution in [2.75, 3.05) is 13.1 Å². The van der Waals surface area contributed by atoms with Gasteiger partial charge in [0.2, 0.25) is 23.6 Å². The van der Waals surface area contributed by atoms with Crippen molar-refractivity contribution in [3.05, 3.63) is 47.3 Å². The molecule has 0 radical (unpaired) electrons. The van der Waals surface area contributed by atoms with E-state index in [1.807, 2.05) is 0 Å². The van der Waals surface area contributed by atoms with Gasteiger partial charge in [-0.15, -0.1) is 26.3 Å². The lowest BCUT2D eigenvalue weighted by molar-refractivity contribution is -0.275. The lowest BCUT2D eigenvalue weighted by Crippen LogP contribution is -2.59. The lowest BCUT2D eigenvalue weighted by atomic mass is 9.77. The zero-order valence-electron chi connectivity index (χ0n) is 57.6. The molecule has 544 valence electrons. The van der Waals surface area contributed by atoms with Gasteiger partial charge in [0, 0.05) is 60.5 Å². The molecule has 4 fully saturated rings. The highest BCUT2D eigenvalue weighted by atomic mass is 19.4.